The van der Waals surface area contributed by atoms with Crippen molar-refractivity contribution in [3.63, 3.8) is 0 Å². The number of hydrogen-bond donors (Lipinski definition) is 2. The zero-order valence-corrected chi connectivity index (χ0v) is 21.3. The Hall–Kier alpha value is -1.97. The van der Waals surface area contributed by atoms with Gasteiger partial charge in [0.1, 0.15) is 6.04 Å². The summed E-state index contributed by atoms with van der Waals surface area (Å²) in [5.74, 6) is -0.785. The number of benzene rings is 1. The summed E-state index contributed by atoms with van der Waals surface area (Å²) in [5, 5.41) is 5.76. The predicted octanol–water partition coefficient (Wildman–Crippen LogP) is 2.47. The van der Waals surface area contributed by atoms with Crippen molar-refractivity contribution in [3.8, 4) is 0 Å². The molecule has 0 radical (unpaired) electrons. The molecule has 0 saturated carbocycles. The third-order valence-electron chi connectivity index (χ3n) is 5.80. The summed E-state index contributed by atoms with van der Waals surface area (Å²) < 4.78 is 32.7. The van der Waals surface area contributed by atoms with Gasteiger partial charge >= 0.3 is 0 Å². The molecule has 1 heterocycles. The van der Waals surface area contributed by atoms with Gasteiger partial charge in [0.2, 0.25) is 21.8 Å². The van der Waals surface area contributed by atoms with Gasteiger partial charge in [0, 0.05) is 32.2 Å². The maximum absolute atomic E-state index is 12.9. The van der Waals surface area contributed by atoms with Crippen LogP contribution in [0, 0.1) is 18.8 Å². The Bertz CT molecular complexity index is 876. The Morgan fingerprint density at radius 1 is 1.09 bits per heavy atom. The molecule has 2 N–H and O–H groups in total. The van der Waals surface area contributed by atoms with Crippen molar-refractivity contribution in [1.82, 2.24) is 14.9 Å². The SMILES string of the molecule is Cc1ccc(S(=O)(=O)N2CCC(C(=O)N[C@H](C(=O)NCCCOC(C)C)C(C)C)CC2)cc1. The highest BCUT2D eigenvalue weighted by Crippen LogP contribution is 2.24. The van der Waals surface area contributed by atoms with Gasteiger partial charge in [-0.25, -0.2) is 8.42 Å². The van der Waals surface area contributed by atoms with E-state index >= 15 is 0 Å². The summed E-state index contributed by atoms with van der Waals surface area (Å²) >= 11 is 0. The Kier molecular flexibility index (Phi) is 10.3. The number of sulfonamides is 1. The van der Waals surface area contributed by atoms with E-state index in [0.29, 0.717) is 32.4 Å². The van der Waals surface area contributed by atoms with Crippen LogP contribution in [0.1, 0.15) is 52.5 Å². The van der Waals surface area contributed by atoms with Crippen molar-refractivity contribution in [2.75, 3.05) is 26.2 Å². The van der Waals surface area contributed by atoms with Crippen LogP contribution in [0.3, 0.4) is 0 Å². The number of piperidine rings is 1. The maximum atomic E-state index is 12.9. The van der Waals surface area contributed by atoms with Gasteiger partial charge in [-0.1, -0.05) is 31.5 Å². The van der Waals surface area contributed by atoms with Gasteiger partial charge in [-0.15, -0.1) is 0 Å². The molecule has 8 nitrogen and oxygen atoms in total. The minimum Gasteiger partial charge on any atom is -0.379 e. The number of nitrogens with zero attached hydrogens (tertiary/aromatic N) is 1. The summed E-state index contributed by atoms with van der Waals surface area (Å²) in [6.07, 6.45) is 1.71. The third-order valence-corrected chi connectivity index (χ3v) is 7.71. The molecule has 1 aromatic rings. The lowest BCUT2D eigenvalue weighted by Crippen LogP contribution is -2.52. The number of aryl methyl sites for hydroxylation is 1. The molecule has 2 amide bonds. The van der Waals surface area contributed by atoms with Gasteiger partial charge in [-0.2, -0.15) is 4.31 Å². The standard InChI is InChI=1S/C24H39N3O5S/c1-17(2)22(24(29)25-13-6-16-32-18(3)4)26-23(28)20-11-14-27(15-12-20)33(30,31)21-9-7-19(5)8-10-21/h7-10,17-18,20,22H,6,11-16H2,1-5H3,(H,25,29)(H,26,28)/t22-/m0/s1. The zero-order valence-electron chi connectivity index (χ0n) is 20.5. The first-order valence-corrected chi connectivity index (χ1v) is 13.2. The summed E-state index contributed by atoms with van der Waals surface area (Å²) in [4.78, 5) is 25.7. The van der Waals surface area contributed by atoms with Gasteiger partial charge in [0.25, 0.3) is 0 Å². The van der Waals surface area contributed by atoms with E-state index in [9.17, 15) is 18.0 Å². The van der Waals surface area contributed by atoms with Crippen LogP contribution < -0.4 is 10.6 Å². The van der Waals surface area contributed by atoms with E-state index in [1.54, 1.807) is 24.3 Å². The lowest BCUT2D eigenvalue weighted by Gasteiger charge is -2.32. The molecule has 0 aromatic heterocycles. The van der Waals surface area contributed by atoms with Crippen molar-refractivity contribution in [3.05, 3.63) is 29.8 Å². The molecule has 2 rings (SSSR count). The van der Waals surface area contributed by atoms with E-state index in [2.05, 4.69) is 10.6 Å². The molecule has 1 atom stereocenters. The second kappa shape index (κ2) is 12.5. The van der Waals surface area contributed by atoms with Crippen LogP contribution in [0.4, 0.5) is 0 Å². The molecule has 0 spiro atoms. The molecule has 1 aromatic carbocycles. The lowest BCUT2D eigenvalue weighted by atomic mass is 9.95. The number of rotatable bonds is 11. The Balaban J connectivity index is 1.86. The predicted molar refractivity (Wildman–Crippen MR) is 128 cm³/mol. The van der Waals surface area contributed by atoms with Crippen molar-refractivity contribution >= 4 is 21.8 Å². The Morgan fingerprint density at radius 2 is 1.70 bits per heavy atom. The summed E-state index contributed by atoms with van der Waals surface area (Å²) in [6, 6.07) is 6.16. The van der Waals surface area contributed by atoms with Gasteiger partial charge in [-0.05, 0) is 58.1 Å². The summed E-state index contributed by atoms with van der Waals surface area (Å²) in [5.41, 5.74) is 0.997. The van der Waals surface area contributed by atoms with Crippen LogP contribution in [0.25, 0.3) is 0 Å². The van der Waals surface area contributed by atoms with Gasteiger partial charge in [0.05, 0.1) is 11.0 Å². The average molecular weight is 482 g/mol. The minimum atomic E-state index is -3.57. The Labute approximate surface area is 198 Å². The highest BCUT2D eigenvalue weighted by atomic mass is 32.2. The number of carbonyl (C=O) groups is 2. The summed E-state index contributed by atoms with van der Waals surface area (Å²) in [7, 11) is -3.57. The van der Waals surface area contributed by atoms with E-state index in [1.807, 2.05) is 34.6 Å². The highest BCUT2D eigenvalue weighted by molar-refractivity contribution is 7.89. The Morgan fingerprint density at radius 3 is 2.24 bits per heavy atom. The van der Waals surface area contributed by atoms with E-state index in [4.69, 9.17) is 4.74 Å². The van der Waals surface area contributed by atoms with Gasteiger partial charge in [0.15, 0.2) is 0 Å². The van der Waals surface area contributed by atoms with Crippen LogP contribution >= 0.6 is 0 Å². The number of ether oxygens (including phenoxy) is 1. The fourth-order valence-electron chi connectivity index (χ4n) is 3.74. The van der Waals surface area contributed by atoms with Crippen molar-refractivity contribution < 1.29 is 22.7 Å². The highest BCUT2D eigenvalue weighted by Gasteiger charge is 2.34. The fraction of sp³-hybridized carbons (Fsp3) is 0.667. The van der Waals surface area contributed by atoms with Crippen LogP contribution in [0.15, 0.2) is 29.2 Å². The van der Waals surface area contributed by atoms with E-state index in [1.165, 1.54) is 4.31 Å². The minimum absolute atomic E-state index is 0.0668. The molecule has 0 aliphatic carbocycles. The molecule has 0 unspecified atom stereocenters. The van der Waals surface area contributed by atoms with E-state index in [0.717, 1.165) is 5.56 Å². The van der Waals surface area contributed by atoms with Gasteiger partial charge < -0.3 is 15.4 Å². The van der Waals surface area contributed by atoms with Crippen molar-refractivity contribution in [1.29, 1.82) is 0 Å². The number of amides is 2. The normalized spacial score (nSPS) is 16.7. The number of carbonyl (C=O) groups excluding carboxylic acids is 2. The quantitative estimate of drug-likeness (QED) is 0.473. The molecular weight excluding hydrogens is 442 g/mol. The lowest BCUT2D eigenvalue weighted by molar-refractivity contribution is -0.132. The topological polar surface area (TPSA) is 105 Å². The molecule has 0 bridgehead atoms. The monoisotopic (exact) mass is 481 g/mol. The van der Waals surface area contributed by atoms with Gasteiger partial charge in [-0.3, -0.25) is 9.59 Å². The molecule has 1 fully saturated rings. The average Bonchev–Trinajstić information content (AvgIpc) is 2.76. The van der Waals surface area contributed by atoms with E-state index < -0.39 is 16.1 Å². The van der Waals surface area contributed by atoms with E-state index in [-0.39, 0.29) is 47.7 Å². The molecule has 1 saturated heterocycles. The van der Waals surface area contributed by atoms with Crippen molar-refractivity contribution in [2.45, 2.75) is 70.9 Å². The second-order valence-electron chi connectivity index (χ2n) is 9.29. The molecular formula is C24H39N3O5S. The smallest absolute Gasteiger partial charge is 0.243 e. The van der Waals surface area contributed by atoms with Crippen LogP contribution in [0.2, 0.25) is 0 Å². The van der Waals surface area contributed by atoms with Crippen molar-refractivity contribution in [2.24, 2.45) is 11.8 Å². The molecule has 186 valence electrons. The first-order valence-electron chi connectivity index (χ1n) is 11.8. The maximum Gasteiger partial charge on any atom is 0.243 e. The summed E-state index contributed by atoms with van der Waals surface area (Å²) in [6.45, 7) is 11.2. The number of nitrogens with one attached hydrogen (secondary N) is 2. The molecule has 1 aliphatic rings. The zero-order chi connectivity index (χ0) is 24.6. The third kappa shape index (κ3) is 8.08. The molecule has 9 heteroatoms. The fourth-order valence-corrected chi connectivity index (χ4v) is 5.21. The largest absolute Gasteiger partial charge is 0.379 e. The van der Waals surface area contributed by atoms with Crippen LogP contribution in [-0.4, -0.2) is 62.9 Å². The van der Waals surface area contributed by atoms with Crippen LogP contribution in [-0.2, 0) is 24.3 Å². The van der Waals surface area contributed by atoms with Crippen LogP contribution in [0.5, 0.6) is 0 Å². The first kappa shape index (κ1) is 27.3. The second-order valence-corrected chi connectivity index (χ2v) is 11.2. The molecule has 33 heavy (non-hydrogen) atoms. The first-order chi connectivity index (χ1) is 15.5. The molecule has 1 aliphatic heterocycles. The number of hydrogen-bond acceptors (Lipinski definition) is 5.